The van der Waals surface area contributed by atoms with Crippen molar-refractivity contribution < 1.29 is 0 Å². The predicted molar refractivity (Wildman–Crippen MR) is 58.0 cm³/mol. The van der Waals surface area contributed by atoms with Crippen molar-refractivity contribution in [1.29, 1.82) is 0 Å². The Hall–Kier alpha value is -0.530. The topological polar surface area (TPSA) is 38.0 Å². The summed E-state index contributed by atoms with van der Waals surface area (Å²) in [6.07, 6.45) is 5.27. The summed E-state index contributed by atoms with van der Waals surface area (Å²) < 4.78 is 0.808. The van der Waals surface area contributed by atoms with Gasteiger partial charge in [-0.05, 0) is 22.0 Å². The van der Waals surface area contributed by atoms with Crippen LogP contribution < -0.4 is 11.3 Å². The van der Waals surface area contributed by atoms with Crippen LogP contribution in [0.15, 0.2) is 22.7 Å². The van der Waals surface area contributed by atoms with E-state index in [0.717, 1.165) is 10.0 Å². The highest BCUT2D eigenvalue weighted by Gasteiger charge is 2.11. The Bertz CT molecular complexity index is 346. The van der Waals surface area contributed by atoms with Gasteiger partial charge >= 0.3 is 0 Å². The van der Waals surface area contributed by atoms with Gasteiger partial charge in [-0.3, -0.25) is 5.84 Å². The van der Waals surface area contributed by atoms with E-state index in [2.05, 4.69) is 27.3 Å². The molecule has 3 N–H and O–H groups in total. The van der Waals surface area contributed by atoms with Crippen LogP contribution in [0.3, 0.4) is 0 Å². The zero-order chi connectivity index (χ0) is 9.84. The van der Waals surface area contributed by atoms with Crippen molar-refractivity contribution in [3.63, 3.8) is 0 Å². The lowest BCUT2D eigenvalue weighted by atomic mass is 10.1. The second kappa shape index (κ2) is 4.64. The lowest BCUT2D eigenvalue weighted by Gasteiger charge is -2.11. The van der Waals surface area contributed by atoms with Gasteiger partial charge in [-0.2, -0.15) is 0 Å². The number of benzene rings is 1. The molecule has 0 aliphatic carbocycles. The first-order valence-electron chi connectivity index (χ1n) is 3.57. The van der Waals surface area contributed by atoms with Crippen LogP contribution in [0, 0.1) is 12.3 Å². The normalized spacial score (nSPS) is 12.2. The second-order valence-electron chi connectivity index (χ2n) is 2.41. The number of hydrogen-bond donors (Lipinski definition) is 2. The molecule has 0 bridgehead atoms. The molecule has 1 unspecified atom stereocenters. The minimum absolute atomic E-state index is 0.356. The molecule has 0 heterocycles. The summed E-state index contributed by atoms with van der Waals surface area (Å²) in [6.45, 7) is 0. The second-order valence-corrected chi connectivity index (χ2v) is 3.64. The Morgan fingerprint density at radius 3 is 2.85 bits per heavy atom. The molecule has 0 saturated carbocycles. The van der Waals surface area contributed by atoms with Gasteiger partial charge in [0.1, 0.15) is 6.04 Å². The Labute approximate surface area is 90.6 Å². The molecule has 68 valence electrons. The average molecular weight is 260 g/mol. The standard InChI is InChI=1S/C9H8BrClN2/c1-2-8(13-12)6-4-3-5-7(10)9(6)11/h1,3-5,8,13H,12H2. The van der Waals surface area contributed by atoms with Gasteiger partial charge < -0.3 is 0 Å². The Morgan fingerprint density at radius 2 is 2.31 bits per heavy atom. The summed E-state index contributed by atoms with van der Waals surface area (Å²) in [5, 5.41) is 0.586. The van der Waals surface area contributed by atoms with Crippen LogP contribution in [-0.4, -0.2) is 0 Å². The van der Waals surface area contributed by atoms with E-state index in [1.807, 2.05) is 18.2 Å². The van der Waals surface area contributed by atoms with Crippen LogP contribution in [0.1, 0.15) is 11.6 Å². The Morgan fingerprint density at radius 1 is 1.62 bits per heavy atom. The lowest BCUT2D eigenvalue weighted by Crippen LogP contribution is -2.27. The van der Waals surface area contributed by atoms with E-state index in [9.17, 15) is 0 Å². The molecular weight excluding hydrogens is 251 g/mol. The molecule has 1 rings (SSSR count). The summed E-state index contributed by atoms with van der Waals surface area (Å²) in [4.78, 5) is 0. The number of hydrogen-bond acceptors (Lipinski definition) is 2. The average Bonchev–Trinajstić information content (AvgIpc) is 2.14. The van der Waals surface area contributed by atoms with E-state index in [1.165, 1.54) is 0 Å². The highest BCUT2D eigenvalue weighted by atomic mass is 79.9. The van der Waals surface area contributed by atoms with Gasteiger partial charge in [0.2, 0.25) is 0 Å². The predicted octanol–water partition coefficient (Wildman–Crippen LogP) is 2.24. The molecule has 0 spiro atoms. The summed E-state index contributed by atoms with van der Waals surface area (Å²) >= 11 is 9.31. The van der Waals surface area contributed by atoms with Crippen molar-refractivity contribution >= 4 is 27.5 Å². The number of terminal acetylenes is 1. The van der Waals surface area contributed by atoms with Gasteiger partial charge in [0.25, 0.3) is 0 Å². The third-order valence-electron chi connectivity index (χ3n) is 1.63. The molecule has 0 aromatic heterocycles. The van der Waals surface area contributed by atoms with Crippen molar-refractivity contribution in [2.24, 2.45) is 5.84 Å². The van der Waals surface area contributed by atoms with Crippen LogP contribution in [0.2, 0.25) is 5.02 Å². The fourth-order valence-corrected chi connectivity index (χ4v) is 1.59. The van der Waals surface area contributed by atoms with Crippen LogP contribution in [0.4, 0.5) is 0 Å². The van der Waals surface area contributed by atoms with Gasteiger partial charge in [0.15, 0.2) is 0 Å². The molecule has 13 heavy (non-hydrogen) atoms. The molecule has 1 aromatic carbocycles. The minimum atomic E-state index is -0.356. The SMILES string of the molecule is C#CC(NN)c1cccc(Br)c1Cl. The molecule has 0 aliphatic heterocycles. The van der Waals surface area contributed by atoms with Crippen LogP contribution >= 0.6 is 27.5 Å². The molecular formula is C9H8BrClN2. The zero-order valence-corrected chi connectivity index (χ0v) is 9.06. The van der Waals surface area contributed by atoms with Crippen molar-refractivity contribution in [1.82, 2.24) is 5.43 Å². The van der Waals surface area contributed by atoms with Gasteiger partial charge in [-0.1, -0.05) is 29.7 Å². The number of nitrogens with one attached hydrogen (secondary N) is 1. The van der Waals surface area contributed by atoms with E-state index in [-0.39, 0.29) is 6.04 Å². The maximum Gasteiger partial charge on any atom is 0.108 e. The zero-order valence-electron chi connectivity index (χ0n) is 6.72. The van der Waals surface area contributed by atoms with Gasteiger partial charge in [0.05, 0.1) is 5.02 Å². The third-order valence-corrected chi connectivity index (χ3v) is 2.94. The van der Waals surface area contributed by atoms with E-state index in [4.69, 9.17) is 23.9 Å². The molecule has 2 nitrogen and oxygen atoms in total. The van der Waals surface area contributed by atoms with Crippen LogP contribution in [-0.2, 0) is 0 Å². The Kier molecular flexibility index (Phi) is 3.76. The molecule has 1 atom stereocenters. The highest BCUT2D eigenvalue weighted by molar-refractivity contribution is 9.10. The molecule has 0 fully saturated rings. The van der Waals surface area contributed by atoms with Gasteiger partial charge in [-0.15, -0.1) is 6.42 Å². The first kappa shape index (κ1) is 10.6. The van der Waals surface area contributed by atoms with E-state index in [0.29, 0.717) is 5.02 Å². The maximum absolute atomic E-state index is 6.01. The fourth-order valence-electron chi connectivity index (χ4n) is 0.971. The van der Waals surface area contributed by atoms with Crippen LogP contribution in [0.5, 0.6) is 0 Å². The van der Waals surface area contributed by atoms with Crippen molar-refractivity contribution in [3.8, 4) is 12.3 Å². The van der Waals surface area contributed by atoms with E-state index >= 15 is 0 Å². The molecule has 1 aromatic rings. The monoisotopic (exact) mass is 258 g/mol. The lowest BCUT2D eigenvalue weighted by molar-refractivity contribution is 0.673. The fraction of sp³-hybridized carbons (Fsp3) is 0.111. The Balaban J connectivity index is 3.15. The summed E-state index contributed by atoms with van der Waals surface area (Å²) in [6, 6.07) is 5.17. The quantitative estimate of drug-likeness (QED) is 0.486. The summed E-state index contributed by atoms with van der Waals surface area (Å²) in [7, 11) is 0. The van der Waals surface area contributed by atoms with Gasteiger partial charge in [-0.25, -0.2) is 5.43 Å². The van der Waals surface area contributed by atoms with E-state index < -0.39 is 0 Å². The van der Waals surface area contributed by atoms with Crippen LogP contribution in [0.25, 0.3) is 0 Å². The number of hydrazine groups is 1. The summed E-state index contributed by atoms with van der Waals surface area (Å²) in [5.41, 5.74) is 3.29. The summed E-state index contributed by atoms with van der Waals surface area (Å²) in [5.74, 6) is 7.76. The van der Waals surface area contributed by atoms with Gasteiger partial charge in [0, 0.05) is 10.0 Å². The maximum atomic E-state index is 6.01. The first-order valence-corrected chi connectivity index (χ1v) is 4.74. The number of halogens is 2. The molecule has 0 radical (unpaired) electrons. The smallest absolute Gasteiger partial charge is 0.108 e. The minimum Gasteiger partial charge on any atom is -0.270 e. The van der Waals surface area contributed by atoms with Crippen molar-refractivity contribution in [3.05, 3.63) is 33.3 Å². The largest absolute Gasteiger partial charge is 0.270 e. The first-order chi connectivity index (χ1) is 6.20. The number of nitrogens with two attached hydrogens (primary N) is 1. The molecule has 0 amide bonds. The third kappa shape index (κ3) is 2.23. The number of rotatable bonds is 2. The molecule has 4 heteroatoms. The van der Waals surface area contributed by atoms with Crippen molar-refractivity contribution in [2.45, 2.75) is 6.04 Å². The molecule has 0 saturated heterocycles. The highest BCUT2D eigenvalue weighted by Crippen LogP contribution is 2.29. The van der Waals surface area contributed by atoms with Crippen molar-refractivity contribution in [2.75, 3.05) is 0 Å². The van der Waals surface area contributed by atoms with E-state index in [1.54, 1.807) is 0 Å². The molecule has 0 aliphatic rings.